The highest BCUT2D eigenvalue weighted by atomic mass is 16.7. The second-order valence-corrected chi connectivity index (χ2v) is 8.03. The highest BCUT2D eigenvalue weighted by Gasteiger charge is 2.27. The molecule has 0 spiro atoms. The third kappa shape index (κ3) is 8.08. The van der Waals surface area contributed by atoms with E-state index in [1.807, 2.05) is 0 Å². The molecule has 1 aromatic carbocycles. The Bertz CT molecular complexity index is 639. The van der Waals surface area contributed by atoms with Gasteiger partial charge in [0.25, 0.3) is 0 Å². The average molecular weight is 423 g/mol. The zero-order valence-corrected chi connectivity index (χ0v) is 19.5. The number of benzene rings is 1. The first-order valence-electron chi connectivity index (χ1n) is 11.9. The Kier molecular flexibility index (Phi) is 13.0. The third-order valence-corrected chi connectivity index (χ3v) is 5.48. The van der Waals surface area contributed by atoms with Crippen molar-refractivity contribution in [2.75, 3.05) is 6.61 Å². The Balaban J connectivity index is 3.50. The minimum Gasteiger partial charge on any atom is -0.504 e. The SMILES string of the molecule is CCCCCCOc1c(CCCC)c(CCCC)c(CCCC)c(O)c1OC(=O)O. The Morgan fingerprint density at radius 1 is 0.700 bits per heavy atom. The van der Waals surface area contributed by atoms with E-state index < -0.39 is 6.16 Å². The fourth-order valence-electron chi connectivity index (χ4n) is 3.78. The van der Waals surface area contributed by atoms with Gasteiger partial charge in [-0.05, 0) is 50.5 Å². The molecule has 0 saturated heterocycles. The van der Waals surface area contributed by atoms with Crippen LogP contribution in [0, 0.1) is 0 Å². The van der Waals surface area contributed by atoms with Gasteiger partial charge in [-0.15, -0.1) is 0 Å². The van der Waals surface area contributed by atoms with E-state index >= 15 is 0 Å². The van der Waals surface area contributed by atoms with Crippen molar-refractivity contribution in [3.05, 3.63) is 16.7 Å². The van der Waals surface area contributed by atoms with Gasteiger partial charge in [-0.3, -0.25) is 0 Å². The van der Waals surface area contributed by atoms with Gasteiger partial charge in [0, 0.05) is 11.1 Å². The molecule has 0 bridgehead atoms. The maximum absolute atomic E-state index is 11.4. The lowest BCUT2D eigenvalue weighted by Gasteiger charge is -2.23. The predicted octanol–water partition coefficient (Wildman–Crippen LogP) is 7.44. The molecule has 0 unspecified atom stereocenters. The van der Waals surface area contributed by atoms with Gasteiger partial charge < -0.3 is 19.7 Å². The molecule has 172 valence electrons. The van der Waals surface area contributed by atoms with Gasteiger partial charge >= 0.3 is 6.16 Å². The summed E-state index contributed by atoms with van der Waals surface area (Å²) in [7, 11) is 0. The van der Waals surface area contributed by atoms with Gasteiger partial charge in [-0.1, -0.05) is 66.2 Å². The molecule has 0 heterocycles. The van der Waals surface area contributed by atoms with Crippen molar-refractivity contribution in [1.82, 2.24) is 0 Å². The Labute approximate surface area is 182 Å². The molecule has 2 N–H and O–H groups in total. The van der Waals surface area contributed by atoms with Gasteiger partial charge in [-0.2, -0.15) is 0 Å². The van der Waals surface area contributed by atoms with E-state index in [2.05, 4.69) is 27.7 Å². The van der Waals surface area contributed by atoms with Crippen LogP contribution in [0.1, 0.15) is 109 Å². The van der Waals surface area contributed by atoms with E-state index in [0.717, 1.165) is 93.7 Å². The number of carbonyl (C=O) groups is 1. The highest BCUT2D eigenvalue weighted by Crippen LogP contribution is 2.47. The summed E-state index contributed by atoms with van der Waals surface area (Å²) in [5.74, 6) is 0.363. The van der Waals surface area contributed by atoms with E-state index in [1.165, 1.54) is 0 Å². The summed E-state index contributed by atoms with van der Waals surface area (Å²) >= 11 is 0. The highest BCUT2D eigenvalue weighted by molar-refractivity contribution is 5.70. The molecule has 0 amide bonds. The Morgan fingerprint density at radius 3 is 1.77 bits per heavy atom. The van der Waals surface area contributed by atoms with Crippen molar-refractivity contribution in [2.45, 2.75) is 111 Å². The monoisotopic (exact) mass is 422 g/mol. The molecule has 0 aliphatic rings. The zero-order chi connectivity index (χ0) is 22.4. The molecule has 5 heteroatoms. The van der Waals surface area contributed by atoms with Gasteiger partial charge in [0.1, 0.15) is 0 Å². The van der Waals surface area contributed by atoms with Crippen molar-refractivity contribution in [3.63, 3.8) is 0 Å². The van der Waals surface area contributed by atoms with Crippen LogP contribution < -0.4 is 9.47 Å². The predicted molar refractivity (Wildman–Crippen MR) is 122 cm³/mol. The van der Waals surface area contributed by atoms with Crippen LogP contribution in [0.25, 0.3) is 0 Å². The van der Waals surface area contributed by atoms with Crippen molar-refractivity contribution >= 4 is 6.16 Å². The molecular formula is C25H42O5. The number of rotatable bonds is 16. The van der Waals surface area contributed by atoms with E-state index in [4.69, 9.17) is 9.47 Å². The summed E-state index contributed by atoms with van der Waals surface area (Å²) in [5.41, 5.74) is 3.00. The number of unbranched alkanes of at least 4 members (excludes halogenated alkanes) is 6. The molecule has 30 heavy (non-hydrogen) atoms. The van der Waals surface area contributed by atoms with Gasteiger partial charge in [0.2, 0.25) is 5.75 Å². The van der Waals surface area contributed by atoms with Crippen LogP contribution in [-0.2, 0) is 19.3 Å². The first-order chi connectivity index (χ1) is 14.5. The first-order valence-corrected chi connectivity index (χ1v) is 11.9. The van der Waals surface area contributed by atoms with E-state index in [0.29, 0.717) is 18.8 Å². The molecule has 5 nitrogen and oxygen atoms in total. The summed E-state index contributed by atoms with van der Waals surface area (Å²) in [6.45, 7) is 9.07. The molecule has 0 fully saturated rings. The summed E-state index contributed by atoms with van der Waals surface area (Å²) in [4.78, 5) is 11.4. The van der Waals surface area contributed by atoms with Gasteiger partial charge in [-0.25, -0.2) is 4.79 Å². The van der Waals surface area contributed by atoms with Crippen LogP contribution in [0.3, 0.4) is 0 Å². The standard InChI is InChI=1S/C25H42O5/c1-5-9-13-14-18-29-23-21(17-12-8-4)19(15-10-6-2)20(16-11-7-3)22(26)24(23)30-25(27)28/h26H,5-18H2,1-4H3,(H,27,28). The summed E-state index contributed by atoms with van der Waals surface area (Å²) < 4.78 is 11.2. The maximum Gasteiger partial charge on any atom is 0.511 e. The van der Waals surface area contributed by atoms with Gasteiger partial charge in [0.05, 0.1) is 6.61 Å². The fraction of sp³-hybridized carbons (Fsp3) is 0.720. The molecule has 1 aromatic rings. The number of phenolic OH excluding ortho intramolecular Hbond substituents is 1. The van der Waals surface area contributed by atoms with Crippen molar-refractivity contribution < 1.29 is 24.5 Å². The average Bonchev–Trinajstić information content (AvgIpc) is 2.72. The van der Waals surface area contributed by atoms with Crippen molar-refractivity contribution in [2.24, 2.45) is 0 Å². The Hall–Kier alpha value is -1.91. The number of ether oxygens (including phenoxy) is 2. The number of aromatic hydroxyl groups is 1. The molecule has 0 saturated carbocycles. The lowest BCUT2D eigenvalue weighted by molar-refractivity contribution is 0.140. The van der Waals surface area contributed by atoms with Crippen LogP contribution in [0.15, 0.2) is 0 Å². The van der Waals surface area contributed by atoms with Crippen LogP contribution in [0.5, 0.6) is 17.2 Å². The number of phenols is 1. The van der Waals surface area contributed by atoms with Crippen LogP contribution in [-0.4, -0.2) is 23.0 Å². The van der Waals surface area contributed by atoms with Crippen molar-refractivity contribution in [1.29, 1.82) is 0 Å². The molecule has 0 aliphatic heterocycles. The van der Waals surface area contributed by atoms with Crippen molar-refractivity contribution in [3.8, 4) is 17.2 Å². The molecule has 0 atom stereocenters. The topological polar surface area (TPSA) is 76.0 Å². The first kappa shape index (κ1) is 26.1. The van der Waals surface area contributed by atoms with Crippen LogP contribution in [0.2, 0.25) is 0 Å². The summed E-state index contributed by atoms with van der Waals surface area (Å²) in [6, 6.07) is 0. The van der Waals surface area contributed by atoms with E-state index in [1.54, 1.807) is 0 Å². The van der Waals surface area contributed by atoms with E-state index in [9.17, 15) is 15.0 Å². The molecular weight excluding hydrogens is 380 g/mol. The second kappa shape index (κ2) is 15.0. The summed E-state index contributed by atoms with van der Waals surface area (Å²) in [5, 5.41) is 20.4. The molecule has 1 rings (SSSR count). The largest absolute Gasteiger partial charge is 0.511 e. The van der Waals surface area contributed by atoms with Crippen LogP contribution >= 0.6 is 0 Å². The van der Waals surface area contributed by atoms with E-state index in [-0.39, 0.29) is 11.5 Å². The third-order valence-electron chi connectivity index (χ3n) is 5.48. The number of hydrogen-bond donors (Lipinski definition) is 2. The summed E-state index contributed by atoms with van der Waals surface area (Å²) in [6.07, 6.45) is 11.2. The maximum atomic E-state index is 11.4. The lowest BCUT2D eigenvalue weighted by Crippen LogP contribution is -2.12. The zero-order valence-electron chi connectivity index (χ0n) is 19.5. The molecule has 0 radical (unpaired) electrons. The minimum atomic E-state index is -1.43. The fourth-order valence-corrected chi connectivity index (χ4v) is 3.78. The molecule has 0 aromatic heterocycles. The van der Waals surface area contributed by atoms with Crippen LogP contribution in [0.4, 0.5) is 4.79 Å². The second-order valence-electron chi connectivity index (χ2n) is 8.03. The number of carboxylic acid groups (broad SMARTS) is 1. The smallest absolute Gasteiger partial charge is 0.504 e. The molecule has 0 aliphatic carbocycles. The minimum absolute atomic E-state index is 0.0181. The number of hydrogen-bond acceptors (Lipinski definition) is 4. The normalized spacial score (nSPS) is 10.9. The Morgan fingerprint density at radius 2 is 1.23 bits per heavy atom. The van der Waals surface area contributed by atoms with Gasteiger partial charge in [0.15, 0.2) is 11.5 Å². The quantitative estimate of drug-likeness (QED) is 0.164. The lowest BCUT2D eigenvalue weighted by atomic mass is 9.89.